The molecule has 2 aromatic carbocycles. The predicted molar refractivity (Wildman–Crippen MR) is 111 cm³/mol. The minimum Gasteiger partial charge on any atom is -0.494 e. The van der Waals surface area contributed by atoms with Gasteiger partial charge in [-0.05, 0) is 18.2 Å². The molecule has 0 unspecified atom stereocenters. The first kappa shape index (κ1) is 20.5. The fraction of sp³-hybridized carbons (Fsp3) is 0.273. The Hall–Kier alpha value is -3.75. The van der Waals surface area contributed by atoms with Gasteiger partial charge in [0.2, 0.25) is 5.91 Å². The maximum Gasteiger partial charge on any atom is 0.254 e. The van der Waals surface area contributed by atoms with Crippen LogP contribution in [0.3, 0.4) is 0 Å². The average Bonchev–Trinajstić information content (AvgIpc) is 3.40. The molecule has 2 atom stereocenters. The third-order valence-electron chi connectivity index (χ3n) is 5.28. The molecule has 31 heavy (non-hydrogen) atoms. The van der Waals surface area contributed by atoms with E-state index in [0.29, 0.717) is 18.2 Å². The molecule has 9 heteroatoms. The van der Waals surface area contributed by atoms with Crippen LogP contribution in [0.15, 0.2) is 48.5 Å². The van der Waals surface area contributed by atoms with Crippen molar-refractivity contribution in [3.8, 4) is 17.1 Å². The number of methoxy groups -OCH3 is 1. The zero-order valence-corrected chi connectivity index (χ0v) is 17.1. The molecule has 2 amide bonds. The van der Waals surface area contributed by atoms with Crippen LogP contribution in [0.25, 0.3) is 11.4 Å². The number of rotatable bonds is 5. The number of hydrogen-bond acceptors (Lipinski definition) is 5. The summed E-state index contributed by atoms with van der Waals surface area (Å²) in [5.74, 6) is -0.231. The highest BCUT2D eigenvalue weighted by atomic mass is 19.1. The summed E-state index contributed by atoms with van der Waals surface area (Å²) in [6.45, 7) is 2.01. The van der Waals surface area contributed by atoms with Gasteiger partial charge < -0.3 is 15.0 Å². The number of hydrogen-bond donors (Lipinski definition) is 2. The Morgan fingerprint density at radius 1 is 1.19 bits per heavy atom. The maximum absolute atomic E-state index is 14.1. The van der Waals surface area contributed by atoms with Gasteiger partial charge in [0, 0.05) is 31.1 Å². The number of halogens is 1. The summed E-state index contributed by atoms with van der Waals surface area (Å²) in [7, 11) is 1.37. The van der Waals surface area contributed by atoms with Crippen LogP contribution in [0.2, 0.25) is 0 Å². The zero-order chi connectivity index (χ0) is 22.0. The average molecular weight is 423 g/mol. The van der Waals surface area contributed by atoms with Crippen LogP contribution in [-0.4, -0.2) is 58.1 Å². The van der Waals surface area contributed by atoms with Crippen LogP contribution in [0.5, 0.6) is 5.75 Å². The van der Waals surface area contributed by atoms with Gasteiger partial charge in [0.15, 0.2) is 17.4 Å². The van der Waals surface area contributed by atoms with E-state index in [-0.39, 0.29) is 41.6 Å². The summed E-state index contributed by atoms with van der Waals surface area (Å²) < 4.78 is 19.0. The van der Waals surface area contributed by atoms with Crippen LogP contribution in [-0.2, 0) is 4.79 Å². The van der Waals surface area contributed by atoms with Crippen molar-refractivity contribution in [3.05, 3.63) is 65.7 Å². The minimum absolute atomic E-state index is 0.0714. The van der Waals surface area contributed by atoms with Gasteiger partial charge >= 0.3 is 0 Å². The maximum atomic E-state index is 14.1. The lowest BCUT2D eigenvalue weighted by molar-refractivity contribution is -0.119. The van der Waals surface area contributed by atoms with Gasteiger partial charge in [0.1, 0.15) is 5.82 Å². The van der Waals surface area contributed by atoms with E-state index in [1.807, 2.05) is 30.3 Å². The van der Waals surface area contributed by atoms with Crippen LogP contribution in [0.4, 0.5) is 4.39 Å². The monoisotopic (exact) mass is 423 g/mol. The number of H-pyrrole nitrogens is 1. The number of likely N-dealkylation sites (tertiary alicyclic amines) is 1. The molecule has 3 aromatic rings. The Bertz CT molecular complexity index is 1100. The van der Waals surface area contributed by atoms with Gasteiger partial charge in [-0.2, -0.15) is 5.10 Å². The Kier molecular flexibility index (Phi) is 5.66. The lowest BCUT2D eigenvalue weighted by atomic mass is 10.0. The molecule has 1 saturated heterocycles. The lowest BCUT2D eigenvalue weighted by Gasteiger charge is -2.17. The molecule has 1 fully saturated rings. The van der Waals surface area contributed by atoms with Crippen molar-refractivity contribution in [1.29, 1.82) is 0 Å². The number of nitrogens with zero attached hydrogens (tertiary/aromatic N) is 3. The summed E-state index contributed by atoms with van der Waals surface area (Å²) >= 11 is 0. The zero-order valence-electron chi connectivity index (χ0n) is 17.1. The van der Waals surface area contributed by atoms with E-state index in [4.69, 9.17) is 4.74 Å². The molecular formula is C22H22FN5O3. The van der Waals surface area contributed by atoms with Gasteiger partial charge in [0.25, 0.3) is 5.91 Å². The Morgan fingerprint density at radius 3 is 2.65 bits per heavy atom. The van der Waals surface area contributed by atoms with Gasteiger partial charge in [-0.15, -0.1) is 0 Å². The quantitative estimate of drug-likeness (QED) is 0.656. The van der Waals surface area contributed by atoms with Crippen molar-refractivity contribution in [3.63, 3.8) is 0 Å². The molecule has 1 aromatic heterocycles. The standard InChI is InChI=1S/C22H22FN5O3/c1-13(29)24-18-12-28(22(30)15-8-9-19(31-2)17(23)10-15)11-16(18)21-25-20(26-27-21)14-6-4-3-5-7-14/h3-10,16,18H,11-12H2,1-2H3,(H,24,29)(H,25,26,27)/t16-,18-/m1/s1. The number of benzene rings is 2. The topological polar surface area (TPSA) is 100 Å². The van der Waals surface area contributed by atoms with Gasteiger partial charge in [-0.25, -0.2) is 9.37 Å². The smallest absolute Gasteiger partial charge is 0.254 e. The molecule has 2 N–H and O–H groups in total. The summed E-state index contributed by atoms with van der Waals surface area (Å²) in [5.41, 5.74) is 1.07. The molecular weight excluding hydrogens is 401 g/mol. The van der Waals surface area contributed by atoms with Gasteiger partial charge in [0.05, 0.1) is 19.1 Å². The van der Waals surface area contributed by atoms with E-state index in [2.05, 4.69) is 20.5 Å². The summed E-state index contributed by atoms with van der Waals surface area (Å²) in [6.07, 6.45) is 0. The third kappa shape index (κ3) is 4.25. The molecule has 0 bridgehead atoms. The molecule has 8 nitrogen and oxygen atoms in total. The fourth-order valence-corrected chi connectivity index (χ4v) is 3.79. The first-order valence-electron chi connectivity index (χ1n) is 9.84. The Balaban J connectivity index is 1.58. The Labute approximate surface area is 178 Å². The number of aromatic nitrogens is 3. The van der Waals surface area contributed by atoms with Gasteiger partial charge in [-0.1, -0.05) is 30.3 Å². The van der Waals surface area contributed by atoms with Crippen molar-refractivity contribution in [1.82, 2.24) is 25.4 Å². The van der Waals surface area contributed by atoms with E-state index in [9.17, 15) is 14.0 Å². The highest BCUT2D eigenvalue weighted by Gasteiger charge is 2.39. The third-order valence-corrected chi connectivity index (χ3v) is 5.28. The SMILES string of the molecule is COc1ccc(C(=O)N2C[C@@H](NC(C)=O)[C@H](c3nc(-c4ccccc4)n[nH]3)C2)cc1F. The second-order valence-corrected chi connectivity index (χ2v) is 7.38. The molecule has 4 rings (SSSR count). The van der Waals surface area contributed by atoms with Crippen LogP contribution >= 0.6 is 0 Å². The van der Waals surface area contributed by atoms with E-state index in [0.717, 1.165) is 11.6 Å². The van der Waals surface area contributed by atoms with Crippen molar-refractivity contribution >= 4 is 11.8 Å². The van der Waals surface area contributed by atoms with Crippen molar-refractivity contribution < 1.29 is 18.7 Å². The van der Waals surface area contributed by atoms with Crippen LogP contribution in [0, 0.1) is 5.82 Å². The summed E-state index contributed by atoms with van der Waals surface area (Å²) in [6, 6.07) is 13.3. The molecule has 0 radical (unpaired) electrons. The fourth-order valence-electron chi connectivity index (χ4n) is 3.79. The van der Waals surface area contributed by atoms with E-state index in [1.165, 1.54) is 26.2 Å². The summed E-state index contributed by atoms with van der Waals surface area (Å²) in [5, 5.41) is 10.1. The van der Waals surface area contributed by atoms with E-state index >= 15 is 0 Å². The van der Waals surface area contributed by atoms with Crippen LogP contribution < -0.4 is 10.1 Å². The molecule has 0 aliphatic carbocycles. The second-order valence-electron chi connectivity index (χ2n) is 7.38. The van der Waals surface area contributed by atoms with E-state index < -0.39 is 5.82 Å². The predicted octanol–water partition coefficient (Wildman–Crippen LogP) is 2.36. The molecule has 160 valence electrons. The van der Waals surface area contributed by atoms with Crippen molar-refractivity contribution in [2.24, 2.45) is 0 Å². The number of carbonyl (C=O) groups is 2. The lowest BCUT2D eigenvalue weighted by Crippen LogP contribution is -2.39. The number of nitrogens with one attached hydrogen (secondary N) is 2. The van der Waals surface area contributed by atoms with Crippen LogP contribution in [0.1, 0.15) is 29.0 Å². The first-order chi connectivity index (χ1) is 15.0. The highest BCUT2D eigenvalue weighted by Crippen LogP contribution is 2.29. The summed E-state index contributed by atoms with van der Waals surface area (Å²) in [4.78, 5) is 30.9. The first-order valence-corrected chi connectivity index (χ1v) is 9.84. The van der Waals surface area contributed by atoms with Crippen molar-refractivity contribution in [2.75, 3.05) is 20.2 Å². The Morgan fingerprint density at radius 2 is 1.97 bits per heavy atom. The largest absolute Gasteiger partial charge is 0.494 e. The second kappa shape index (κ2) is 8.55. The number of aromatic amines is 1. The molecule has 1 aliphatic heterocycles. The highest BCUT2D eigenvalue weighted by molar-refractivity contribution is 5.94. The van der Waals surface area contributed by atoms with Gasteiger partial charge in [-0.3, -0.25) is 14.7 Å². The number of amides is 2. The normalized spacial score (nSPS) is 18.1. The molecule has 1 aliphatic rings. The van der Waals surface area contributed by atoms with E-state index in [1.54, 1.807) is 4.90 Å². The molecule has 0 spiro atoms. The number of carbonyl (C=O) groups excluding carboxylic acids is 2. The van der Waals surface area contributed by atoms with Crippen molar-refractivity contribution in [2.45, 2.75) is 18.9 Å². The minimum atomic E-state index is -0.606. The molecule has 2 heterocycles. The number of ether oxygens (including phenoxy) is 1. The molecule has 0 saturated carbocycles.